The van der Waals surface area contributed by atoms with Crippen LogP contribution in [0.25, 0.3) is 0 Å². The van der Waals surface area contributed by atoms with Crippen molar-refractivity contribution in [1.82, 2.24) is 5.32 Å². The van der Waals surface area contributed by atoms with Crippen molar-refractivity contribution in [3.63, 3.8) is 0 Å². The van der Waals surface area contributed by atoms with E-state index in [1.165, 1.54) is 13.5 Å². The quantitative estimate of drug-likeness (QED) is 0.673. The van der Waals surface area contributed by atoms with Crippen molar-refractivity contribution in [3.05, 3.63) is 0 Å². The van der Waals surface area contributed by atoms with Crippen LogP contribution in [0.2, 0.25) is 0 Å². The number of carbonyl (C=O) groups is 2. The molecular weight excluding hydrogens is 269 g/mol. The van der Waals surface area contributed by atoms with Crippen LogP contribution in [0.3, 0.4) is 0 Å². The summed E-state index contributed by atoms with van der Waals surface area (Å²) in [6, 6.07) is 0.198. The van der Waals surface area contributed by atoms with Gasteiger partial charge in [0.25, 0.3) is 0 Å². The Kier molecular flexibility index (Phi) is 7.20. The molecule has 0 saturated heterocycles. The van der Waals surface area contributed by atoms with Crippen LogP contribution in [0.1, 0.15) is 25.7 Å². The van der Waals surface area contributed by atoms with Crippen LogP contribution in [0.5, 0.6) is 0 Å². The molecule has 4 N–H and O–H groups in total. The number of carbonyl (C=O) groups excluding carboxylic acids is 1. The Balaban J connectivity index is 0.000000399. The number of alkyl halides is 3. The molecule has 1 aliphatic carbocycles. The summed E-state index contributed by atoms with van der Waals surface area (Å²) in [6.07, 6.45) is -1.19. The van der Waals surface area contributed by atoms with Gasteiger partial charge in [0.1, 0.15) is 0 Å². The topological polar surface area (TPSA) is 102 Å². The maximum atomic E-state index is 10.8. The summed E-state index contributed by atoms with van der Waals surface area (Å²) in [7, 11) is 1.36. The fourth-order valence-corrected chi connectivity index (χ4v) is 1.55. The molecule has 1 fully saturated rings. The molecule has 1 aliphatic rings. The predicted molar refractivity (Wildman–Crippen MR) is 59.5 cm³/mol. The number of nitrogens with two attached hydrogens (primary N) is 1. The van der Waals surface area contributed by atoms with E-state index >= 15 is 0 Å². The zero-order chi connectivity index (χ0) is 15.1. The van der Waals surface area contributed by atoms with Crippen LogP contribution < -0.4 is 11.1 Å². The van der Waals surface area contributed by atoms with E-state index in [2.05, 4.69) is 10.1 Å². The SMILES string of the molecule is COC(=O)NC1CCCCC1N.O=C(O)C(F)(F)F. The standard InChI is InChI=1S/C8H16N2O2.C2HF3O2/c1-12-8(11)10-7-5-3-2-4-6(7)9;3-2(4,5)1(6)7/h6-7H,2-5,9H2,1H3,(H,10,11);(H,6,7). The van der Waals surface area contributed by atoms with Gasteiger partial charge in [-0.1, -0.05) is 12.8 Å². The van der Waals surface area contributed by atoms with E-state index in [0.717, 1.165) is 19.3 Å². The van der Waals surface area contributed by atoms with E-state index in [1.807, 2.05) is 0 Å². The lowest BCUT2D eigenvalue weighted by atomic mass is 9.91. The summed E-state index contributed by atoms with van der Waals surface area (Å²) in [5, 5.41) is 9.86. The molecule has 0 aromatic rings. The molecule has 1 amide bonds. The first-order valence-electron chi connectivity index (χ1n) is 5.58. The minimum absolute atomic E-state index is 0.0952. The van der Waals surface area contributed by atoms with Gasteiger partial charge in [-0.2, -0.15) is 13.2 Å². The average molecular weight is 286 g/mol. The summed E-state index contributed by atoms with van der Waals surface area (Å²) in [5.74, 6) is -2.76. The Bertz CT molecular complexity index is 310. The van der Waals surface area contributed by atoms with Gasteiger partial charge in [0.05, 0.1) is 7.11 Å². The average Bonchev–Trinajstić information content (AvgIpc) is 2.31. The van der Waals surface area contributed by atoms with Crippen LogP contribution >= 0.6 is 0 Å². The zero-order valence-corrected chi connectivity index (χ0v) is 10.4. The van der Waals surface area contributed by atoms with Gasteiger partial charge in [-0.25, -0.2) is 9.59 Å². The van der Waals surface area contributed by atoms with E-state index in [1.54, 1.807) is 0 Å². The molecule has 1 saturated carbocycles. The van der Waals surface area contributed by atoms with Crippen molar-refractivity contribution < 1.29 is 32.6 Å². The van der Waals surface area contributed by atoms with Crippen molar-refractivity contribution >= 4 is 12.1 Å². The highest BCUT2D eigenvalue weighted by Gasteiger charge is 2.38. The second-order valence-electron chi connectivity index (χ2n) is 3.99. The third kappa shape index (κ3) is 7.50. The molecule has 0 bridgehead atoms. The molecular formula is C10H17F3N2O4. The Labute approximate surface area is 108 Å². The molecule has 0 heterocycles. The Hall–Kier alpha value is -1.51. The van der Waals surface area contributed by atoms with E-state index in [-0.39, 0.29) is 18.2 Å². The van der Waals surface area contributed by atoms with Crippen LogP contribution in [0.15, 0.2) is 0 Å². The third-order valence-electron chi connectivity index (χ3n) is 2.55. The zero-order valence-electron chi connectivity index (χ0n) is 10.4. The number of aliphatic carboxylic acids is 1. The van der Waals surface area contributed by atoms with E-state index in [0.29, 0.717) is 0 Å². The number of carboxylic acids is 1. The second kappa shape index (κ2) is 7.82. The first kappa shape index (κ1) is 17.5. The van der Waals surface area contributed by atoms with Gasteiger partial charge in [0, 0.05) is 12.1 Å². The van der Waals surface area contributed by atoms with Crippen molar-refractivity contribution in [1.29, 1.82) is 0 Å². The lowest BCUT2D eigenvalue weighted by molar-refractivity contribution is -0.192. The number of amides is 1. The molecule has 0 spiro atoms. The fraction of sp³-hybridized carbons (Fsp3) is 0.800. The van der Waals surface area contributed by atoms with Gasteiger partial charge in [-0.3, -0.25) is 0 Å². The maximum Gasteiger partial charge on any atom is 0.490 e. The van der Waals surface area contributed by atoms with Gasteiger partial charge < -0.3 is 20.9 Å². The normalized spacial score (nSPS) is 22.8. The first-order chi connectivity index (χ1) is 8.68. The molecule has 9 heteroatoms. The lowest BCUT2D eigenvalue weighted by Gasteiger charge is -2.28. The summed E-state index contributed by atoms with van der Waals surface area (Å²) in [6.45, 7) is 0. The molecule has 6 nitrogen and oxygen atoms in total. The predicted octanol–water partition coefficient (Wildman–Crippen LogP) is 1.25. The molecule has 2 atom stereocenters. The maximum absolute atomic E-state index is 10.8. The Morgan fingerprint density at radius 3 is 2.16 bits per heavy atom. The monoisotopic (exact) mass is 286 g/mol. The first-order valence-corrected chi connectivity index (χ1v) is 5.58. The van der Waals surface area contributed by atoms with Crippen molar-refractivity contribution in [2.45, 2.75) is 43.9 Å². The lowest BCUT2D eigenvalue weighted by Crippen LogP contribution is -2.49. The molecule has 112 valence electrons. The summed E-state index contributed by atoms with van der Waals surface area (Å²) < 4.78 is 36.2. The van der Waals surface area contributed by atoms with E-state index in [4.69, 9.17) is 15.6 Å². The molecule has 0 aliphatic heterocycles. The second-order valence-corrected chi connectivity index (χ2v) is 3.99. The van der Waals surface area contributed by atoms with Gasteiger partial charge in [-0.05, 0) is 12.8 Å². The number of halogens is 3. The summed E-state index contributed by atoms with van der Waals surface area (Å²) in [5.41, 5.74) is 5.81. The molecule has 1 rings (SSSR count). The largest absolute Gasteiger partial charge is 0.490 e. The van der Waals surface area contributed by atoms with Gasteiger partial charge in [-0.15, -0.1) is 0 Å². The van der Waals surface area contributed by atoms with Crippen LogP contribution in [-0.2, 0) is 9.53 Å². The smallest absolute Gasteiger partial charge is 0.475 e. The van der Waals surface area contributed by atoms with Crippen LogP contribution in [-0.4, -0.2) is 42.5 Å². The number of hydrogen-bond acceptors (Lipinski definition) is 4. The van der Waals surface area contributed by atoms with Crippen molar-refractivity contribution in [2.24, 2.45) is 5.73 Å². The number of hydrogen-bond donors (Lipinski definition) is 3. The summed E-state index contributed by atoms with van der Waals surface area (Å²) in [4.78, 5) is 19.7. The van der Waals surface area contributed by atoms with E-state index in [9.17, 15) is 18.0 Å². The highest BCUT2D eigenvalue weighted by atomic mass is 19.4. The molecule has 0 aromatic carbocycles. The molecule has 19 heavy (non-hydrogen) atoms. The Morgan fingerprint density at radius 1 is 1.32 bits per heavy atom. The number of ether oxygens (including phenoxy) is 1. The highest BCUT2D eigenvalue weighted by Crippen LogP contribution is 2.16. The molecule has 2 unspecified atom stereocenters. The highest BCUT2D eigenvalue weighted by molar-refractivity contribution is 5.73. The summed E-state index contributed by atoms with van der Waals surface area (Å²) >= 11 is 0. The van der Waals surface area contributed by atoms with Gasteiger partial charge >= 0.3 is 18.2 Å². The van der Waals surface area contributed by atoms with Crippen LogP contribution in [0.4, 0.5) is 18.0 Å². The minimum atomic E-state index is -5.08. The number of alkyl carbamates (subject to hydrolysis) is 1. The van der Waals surface area contributed by atoms with Gasteiger partial charge in [0.15, 0.2) is 0 Å². The van der Waals surface area contributed by atoms with E-state index < -0.39 is 12.1 Å². The number of methoxy groups -OCH3 is 1. The third-order valence-corrected chi connectivity index (χ3v) is 2.55. The van der Waals surface area contributed by atoms with Crippen molar-refractivity contribution in [2.75, 3.05) is 7.11 Å². The Morgan fingerprint density at radius 2 is 1.79 bits per heavy atom. The molecule has 0 radical (unpaired) electrons. The van der Waals surface area contributed by atoms with Gasteiger partial charge in [0.2, 0.25) is 0 Å². The number of carboxylic acid groups (broad SMARTS) is 1. The number of rotatable bonds is 1. The van der Waals surface area contributed by atoms with Crippen molar-refractivity contribution in [3.8, 4) is 0 Å². The minimum Gasteiger partial charge on any atom is -0.475 e. The molecule has 0 aromatic heterocycles. The fourth-order valence-electron chi connectivity index (χ4n) is 1.55. The number of nitrogens with one attached hydrogen (secondary N) is 1. The van der Waals surface area contributed by atoms with Crippen LogP contribution in [0, 0.1) is 0 Å².